The molecule has 0 aliphatic carbocycles. The molecule has 2 N–H and O–H groups in total. The van der Waals surface area contributed by atoms with Crippen LogP contribution in [-0.4, -0.2) is 54.8 Å². The fraction of sp³-hybridized carbons (Fsp3) is 1.00. The Balaban J connectivity index is 4.88. The monoisotopic (exact) mass is 650 g/mol. The number of rotatable bonds is 37. The molecular weight excluding hydrogens is 573 g/mol. The van der Waals surface area contributed by atoms with E-state index in [9.17, 15) is 14.8 Å². The highest BCUT2D eigenvalue weighted by atomic mass is 31.2. The van der Waals surface area contributed by atoms with Crippen molar-refractivity contribution in [3.8, 4) is 0 Å². The van der Waals surface area contributed by atoms with Crippen molar-refractivity contribution in [1.82, 2.24) is 5.06 Å². The highest BCUT2D eigenvalue weighted by Crippen LogP contribution is 2.51. The van der Waals surface area contributed by atoms with Crippen molar-refractivity contribution in [2.75, 3.05) is 39.5 Å². The molecule has 44 heavy (non-hydrogen) atoms. The normalized spacial score (nSPS) is 14.0. The predicted molar refractivity (Wildman–Crippen MR) is 187 cm³/mol. The van der Waals surface area contributed by atoms with Crippen LogP contribution in [0.4, 0.5) is 0 Å². The van der Waals surface area contributed by atoms with Gasteiger partial charge in [-0.25, -0.2) is 4.57 Å². The number of unbranched alkanes of at least 4 members (excludes halogenated alkanes) is 21. The van der Waals surface area contributed by atoms with E-state index in [0.717, 1.165) is 32.1 Å². The number of nitrogens with zero attached hydrogens (tertiary/aromatic N) is 1. The molecule has 7 nitrogen and oxygen atoms in total. The van der Waals surface area contributed by atoms with Crippen molar-refractivity contribution in [2.24, 2.45) is 5.92 Å². The number of hydrogen-bond donors (Lipinski definition) is 2. The number of aliphatic hydroxyl groups is 2. The summed E-state index contributed by atoms with van der Waals surface area (Å²) < 4.78 is 31.4. The van der Waals surface area contributed by atoms with E-state index < -0.39 is 7.82 Å². The average Bonchev–Trinajstić information content (AvgIpc) is 3.01. The van der Waals surface area contributed by atoms with Crippen LogP contribution < -0.4 is 0 Å². The Bertz CT molecular complexity index is 605. The van der Waals surface area contributed by atoms with E-state index >= 15 is 0 Å². The molecule has 2 atom stereocenters. The zero-order chi connectivity index (χ0) is 32.4. The van der Waals surface area contributed by atoms with Crippen LogP contribution in [0.5, 0.6) is 0 Å². The van der Waals surface area contributed by atoms with Gasteiger partial charge in [0.2, 0.25) is 0 Å². The Kier molecular flexibility index (Phi) is 34.3. The maximum atomic E-state index is 13.8. The molecule has 0 fully saturated rings. The van der Waals surface area contributed by atoms with Gasteiger partial charge in [-0.2, -0.15) is 9.69 Å². The van der Waals surface area contributed by atoms with Gasteiger partial charge in [-0.05, 0) is 25.2 Å². The van der Waals surface area contributed by atoms with Crippen LogP contribution >= 0.6 is 7.82 Å². The second kappa shape index (κ2) is 34.3. The number of phosphoric ester groups is 1. The minimum Gasteiger partial charge on any atom is -0.395 e. The zero-order valence-electron chi connectivity index (χ0n) is 29.6. The quantitative estimate of drug-likeness (QED) is 0.0393. The van der Waals surface area contributed by atoms with Gasteiger partial charge in [0.25, 0.3) is 0 Å². The van der Waals surface area contributed by atoms with E-state index in [-0.39, 0.29) is 26.3 Å². The molecule has 0 amide bonds. The summed E-state index contributed by atoms with van der Waals surface area (Å²) in [5.41, 5.74) is 0. The molecule has 0 aromatic heterocycles. The largest absolute Gasteiger partial charge is 0.491 e. The van der Waals surface area contributed by atoms with E-state index in [1.54, 1.807) is 0 Å². The van der Waals surface area contributed by atoms with Crippen molar-refractivity contribution >= 4 is 7.82 Å². The molecule has 2 unspecified atom stereocenters. The van der Waals surface area contributed by atoms with E-state index in [1.165, 1.54) is 140 Å². The lowest BCUT2D eigenvalue weighted by Gasteiger charge is -2.27. The van der Waals surface area contributed by atoms with E-state index in [4.69, 9.17) is 13.7 Å². The van der Waals surface area contributed by atoms with Gasteiger partial charge < -0.3 is 10.2 Å². The first-order chi connectivity index (χ1) is 21.5. The van der Waals surface area contributed by atoms with Crippen LogP contribution in [0, 0.1) is 5.92 Å². The molecule has 0 aromatic rings. The molecule has 0 bridgehead atoms. The predicted octanol–water partition coefficient (Wildman–Crippen LogP) is 11.2. The number of hydroxylamine groups is 2. The highest BCUT2D eigenvalue weighted by molar-refractivity contribution is 7.48. The molecule has 0 aromatic carbocycles. The topological polar surface area (TPSA) is 88.5 Å². The van der Waals surface area contributed by atoms with Crippen molar-refractivity contribution < 1.29 is 28.5 Å². The summed E-state index contributed by atoms with van der Waals surface area (Å²) >= 11 is 0. The smallest absolute Gasteiger partial charge is 0.395 e. The summed E-state index contributed by atoms with van der Waals surface area (Å²) in [6.07, 6.45) is 32.2. The van der Waals surface area contributed by atoms with Crippen LogP contribution in [0.2, 0.25) is 0 Å². The molecular formula is C36H76NO6P. The lowest BCUT2D eigenvalue weighted by molar-refractivity contribution is -0.106. The van der Waals surface area contributed by atoms with Gasteiger partial charge in [0.1, 0.15) is 0 Å². The molecule has 0 aliphatic rings. The standard InChI is InChI=1S/C36H76NO6P/c1-4-7-10-13-16-18-19-21-24-27-34-41-44(40,43-37(30-32-38)31-33-39)42-35-36(28-25-22-15-12-9-6-3)29-26-23-20-17-14-11-8-5-2/h36,38-39H,4-35H2,1-3H3. The average molecular weight is 650 g/mol. The van der Waals surface area contributed by atoms with Gasteiger partial charge in [-0.1, -0.05) is 168 Å². The lowest BCUT2D eigenvalue weighted by atomic mass is 9.95. The Morgan fingerprint density at radius 2 is 0.886 bits per heavy atom. The van der Waals surface area contributed by atoms with E-state index in [2.05, 4.69) is 20.8 Å². The molecule has 0 heterocycles. The zero-order valence-corrected chi connectivity index (χ0v) is 30.5. The third-order valence-corrected chi connectivity index (χ3v) is 9.96. The Morgan fingerprint density at radius 1 is 0.523 bits per heavy atom. The maximum absolute atomic E-state index is 13.8. The molecule has 0 radical (unpaired) electrons. The summed E-state index contributed by atoms with van der Waals surface area (Å²) in [6.45, 7) is 7.36. The Hall–Kier alpha value is -0.0100. The molecule has 0 saturated carbocycles. The number of phosphoric acid groups is 1. The van der Waals surface area contributed by atoms with E-state index in [0.29, 0.717) is 19.1 Å². The first-order valence-corrected chi connectivity index (χ1v) is 20.6. The second-order valence-corrected chi connectivity index (χ2v) is 14.5. The van der Waals surface area contributed by atoms with Gasteiger partial charge in [0.05, 0.1) is 26.4 Å². The fourth-order valence-corrected chi connectivity index (χ4v) is 7.06. The first kappa shape index (κ1) is 44.0. The summed E-state index contributed by atoms with van der Waals surface area (Å²) in [7, 11) is -3.88. The molecule has 0 saturated heterocycles. The minimum absolute atomic E-state index is 0.134. The van der Waals surface area contributed by atoms with Crippen molar-refractivity contribution in [3.05, 3.63) is 0 Å². The summed E-state index contributed by atoms with van der Waals surface area (Å²) in [5, 5.41) is 20.2. The highest BCUT2D eigenvalue weighted by Gasteiger charge is 2.31. The number of aliphatic hydroxyl groups excluding tert-OH is 2. The molecule has 0 rings (SSSR count). The Labute approximate surface area is 274 Å². The number of hydrogen-bond acceptors (Lipinski definition) is 7. The van der Waals surface area contributed by atoms with Crippen molar-refractivity contribution in [3.63, 3.8) is 0 Å². The van der Waals surface area contributed by atoms with Gasteiger partial charge in [0.15, 0.2) is 0 Å². The first-order valence-electron chi connectivity index (χ1n) is 19.1. The van der Waals surface area contributed by atoms with Crippen molar-refractivity contribution in [1.29, 1.82) is 0 Å². The molecule has 8 heteroatoms. The van der Waals surface area contributed by atoms with Gasteiger partial charge in [0, 0.05) is 13.1 Å². The van der Waals surface area contributed by atoms with Gasteiger partial charge in [-0.3, -0.25) is 9.05 Å². The Morgan fingerprint density at radius 3 is 1.27 bits per heavy atom. The lowest BCUT2D eigenvalue weighted by Crippen LogP contribution is -2.30. The van der Waals surface area contributed by atoms with Crippen LogP contribution in [-0.2, 0) is 18.2 Å². The molecule has 0 spiro atoms. The van der Waals surface area contributed by atoms with E-state index in [1.807, 2.05) is 0 Å². The van der Waals surface area contributed by atoms with Gasteiger partial charge in [-0.15, -0.1) is 0 Å². The SMILES string of the molecule is CCCCCCCCCCCCOP(=O)(OCC(CCCCCCCC)CCCCCCCCCC)ON(CCO)CCO. The molecule has 266 valence electrons. The maximum Gasteiger partial charge on any atom is 0.491 e. The summed E-state index contributed by atoms with van der Waals surface area (Å²) in [6, 6.07) is 0. The summed E-state index contributed by atoms with van der Waals surface area (Å²) in [5.74, 6) is 0.322. The van der Waals surface area contributed by atoms with Gasteiger partial charge >= 0.3 is 7.82 Å². The second-order valence-electron chi connectivity index (χ2n) is 12.9. The van der Waals surface area contributed by atoms with Crippen LogP contribution in [0.15, 0.2) is 0 Å². The third-order valence-electron chi connectivity index (χ3n) is 8.56. The third kappa shape index (κ3) is 29.4. The van der Waals surface area contributed by atoms with Crippen LogP contribution in [0.25, 0.3) is 0 Å². The fourth-order valence-electron chi connectivity index (χ4n) is 5.70. The van der Waals surface area contributed by atoms with Crippen LogP contribution in [0.1, 0.15) is 188 Å². The van der Waals surface area contributed by atoms with Crippen molar-refractivity contribution in [2.45, 2.75) is 188 Å². The van der Waals surface area contributed by atoms with Crippen LogP contribution in [0.3, 0.4) is 0 Å². The summed E-state index contributed by atoms with van der Waals surface area (Å²) in [4.78, 5) is 0. The molecule has 0 aliphatic heterocycles. The minimum atomic E-state index is -3.88.